The zero-order valence-corrected chi connectivity index (χ0v) is 9.05. The van der Waals surface area contributed by atoms with Crippen molar-refractivity contribution in [1.82, 2.24) is 5.32 Å². The van der Waals surface area contributed by atoms with E-state index in [1.165, 1.54) is 6.42 Å². The molecule has 0 aliphatic rings. The van der Waals surface area contributed by atoms with Crippen molar-refractivity contribution < 1.29 is 4.74 Å². The van der Waals surface area contributed by atoms with Gasteiger partial charge in [-0.1, -0.05) is 13.8 Å². The lowest BCUT2D eigenvalue weighted by Gasteiger charge is -2.20. The molecule has 0 heterocycles. The van der Waals surface area contributed by atoms with E-state index < -0.39 is 0 Å². The van der Waals surface area contributed by atoms with Crippen molar-refractivity contribution in [2.24, 2.45) is 5.92 Å². The van der Waals surface area contributed by atoms with Crippen molar-refractivity contribution in [2.45, 2.75) is 46.2 Å². The van der Waals surface area contributed by atoms with E-state index in [1.807, 2.05) is 0 Å². The number of hydrogen-bond acceptors (Lipinski definition) is 2. The Labute approximate surface area is 76.7 Å². The van der Waals surface area contributed by atoms with Crippen LogP contribution >= 0.6 is 0 Å². The highest BCUT2D eigenvalue weighted by molar-refractivity contribution is 4.67. The minimum absolute atomic E-state index is 0.462. The van der Waals surface area contributed by atoms with Crippen molar-refractivity contribution in [3.8, 4) is 0 Å². The summed E-state index contributed by atoms with van der Waals surface area (Å²) in [4.78, 5) is 0. The molecule has 0 aliphatic heterocycles. The standard InChI is InChI=1S/C10H23NO/c1-8(2)6-9(3)11-10(4)7-12-5/h8-11H,6-7H2,1-5H3. The zero-order chi connectivity index (χ0) is 9.56. The molecular weight excluding hydrogens is 150 g/mol. The fourth-order valence-electron chi connectivity index (χ4n) is 1.56. The molecule has 2 unspecified atom stereocenters. The van der Waals surface area contributed by atoms with E-state index in [9.17, 15) is 0 Å². The minimum Gasteiger partial charge on any atom is -0.383 e. The fraction of sp³-hybridized carbons (Fsp3) is 1.00. The summed E-state index contributed by atoms with van der Waals surface area (Å²) in [6.45, 7) is 9.67. The van der Waals surface area contributed by atoms with Crippen LogP contribution in [0.1, 0.15) is 34.1 Å². The molecule has 2 atom stereocenters. The predicted molar refractivity (Wildman–Crippen MR) is 53.4 cm³/mol. The van der Waals surface area contributed by atoms with Gasteiger partial charge in [0.2, 0.25) is 0 Å². The molecule has 2 heteroatoms. The third kappa shape index (κ3) is 6.62. The van der Waals surface area contributed by atoms with Crippen LogP contribution in [-0.4, -0.2) is 25.8 Å². The lowest BCUT2D eigenvalue weighted by molar-refractivity contribution is 0.165. The number of methoxy groups -OCH3 is 1. The lowest BCUT2D eigenvalue weighted by Crippen LogP contribution is -2.37. The van der Waals surface area contributed by atoms with E-state index in [-0.39, 0.29) is 0 Å². The van der Waals surface area contributed by atoms with Gasteiger partial charge in [-0.3, -0.25) is 0 Å². The van der Waals surface area contributed by atoms with Crippen LogP contribution in [0, 0.1) is 5.92 Å². The molecule has 0 fully saturated rings. The number of ether oxygens (including phenoxy) is 1. The van der Waals surface area contributed by atoms with Crippen LogP contribution in [0.15, 0.2) is 0 Å². The van der Waals surface area contributed by atoms with Gasteiger partial charge in [-0.15, -0.1) is 0 Å². The molecule has 0 spiro atoms. The summed E-state index contributed by atoms with van der Waals surface area (Å²) in [5.41, 5.74) is 0. The van der Waals surface area contributed by atoms with Crippen LogP contribution in [0.5, 0.6) is 0 Å². The Morgan fingerprint density at radius 2 is 1.67 bits per heavy atom. The van der Waals surface area contributed by atoms with E-state index >= 15 is 0 Å². The number of hydrogen-bond donors (Lipinski definition) is 1. The van der Waals surface area contributed by atoms with Crippen LogP contribution in [-0.2, 0) is 4.74 Å². The van der Waals surface area contributed by atoms with Crippen molar-refractivity contribution >= 4 is 0 Å². The molecular formula is C10H23NO. The Bertz CT molecular complexity index is 104. The summed E-state index contributed by atoms with van der Waals surface area (Å²) in [6.07, 6.45) is 1.23. The number of nitrogens with one attached hydrogen (secondary N) is 1. The van der Waals surface area contributed by atoms with Crippen LogP contribution in [0.4, 0.5) is 0 Å². The van der Waals surface area contributed by atoms with E-state index in [0.29, 0.717) is 12.1 Å². The van der Waals surface area contributed by atoms with Gasteiger partial charge in [0.05, 0.1) is 6.61 Å². The second kappa shape index (κ2) is 6.44. The van der Waals surface area contributed by atoms with E-state index in [2.05, 4.69) is 33.0 Å². The molecule has 0 bridgehead atoms. The smallest absolute Gasteiger partial charge is 0.0613 e. The normalized spacial score (nSPS) is 16.5. The fourth-order valence-corrected chi connectivity index (χ4v) is 1.56. The molecule has 0 aromatic carbocycles. The third-order valence-corrected chi connectivity index (χ3v) is 1.81. The summed E-state index contributed by atoms with van der Waals surface area (Å²) >= 11 is 0. The summed E-state index contributed by atoms with van der Waals surface area (Å²) < 4.78 is 5.05. The maximum Gasteiger partial charge on any atom is 0.0613 e. The lowest BCUT2D eigenvalue weighted by atomic mass is 10.0. The molecule has 0 saturated heterocycles. The first-order valence-electron chi connectivity index (χ1n) is 4.81. The first-order valence-corrected chi connectivity index (χ1v) is 4.81. The van der Waals surface area contributed by atoms with Crippen molar-refractivity contribution in [3.05, 3.63) is 0 Å². The Hall–Kier alpha value is -0.0800. The van der Waals surface area contributed by atoms with E-state index in [0.717, 1.165) is 12.5 Å². The molecule has 0 radical (unpaired) electrons. The van der Waals surface area contributed by atoms with Gasteiger partial charge in [0.1, 0.15) is 0 Å². The van der Waals surface area contributed by atoms with Crippen LogP contribution in [0.25, 0.3) is 0 Å². The van der Waals surface area contributed by atoms with Crippen LogP contribution in [0.2, 0.25) is 0 Å². The van der Waals surface area contributed by atoms with Crippen molar-refractivity contribution in [1.29, 1.82) is 0 Å². The van der Waals surface area contributed by atoms with Gasteiger partial charge < -0.3 is 10.1 Å². The highest BCUT2D eigenvalue weighted by Gasteiger charge is 2.07. The molecule has 0 aliphatic carbocycles. The Morgan fingerprint density at radius 3 is 2.08 bits per heavy atom. The summed E-state index contributed by atoms with van der Waals surface area (Å²) in [7, 11) is 1.74. The van der Waals surface area contributed by atoms with Gasteiger partial charge >= 0.3 is 0 Å². The largest absolute Gasteiger partial charge is 0.383 e. The predicted octanol–water partition coefficient (Wildman–Crippen LogP) is 2.05. The zero-order valence-electron chi connectivity index (χ0n) is 9.05. The van der Waals surface area contributed by atoms with E-state index in [1.54, 1.807) is 7.11 Å². The van der Waals surface area contributed by atoms with Gasteiger partial charge in [-0.25, -0.2) is 0 Å². The monoisotopic (exact) mass is 173 g/mol. The maximum atomic E-state index is 5.05. The molecule has 0 saturated carbocycles. The Kier molecular flexibility index (Phi) is 6.39. The Morgan fingerprint density at radius 1 is 1.08 bits per heavy atom. The third-order valence-electron chi connectivity index (χ3n) is 1.81. The van der Waals surface area contributed by atoms with E-state index in [4.69, 9.17) is 4.74 Å². The molecule has 74 valence electrons. The first kappa shape index (κ1) is 11.9. The summed E-state index contributed by atoms with van der Waals surface area (Å²) in [6, 6.07) is 1.05. The van der Waals surface area contributed by atoms with Gasteiger partial charge in [-0.05, 0) is 26.2 Å². The summed E-state index contributed by atoms with van der Waals surface area (Å²) in [5.74, 6) is 0.766. The Balaban J connectivity index is 3.46. The molecule has 0 aromatic heterocycles. The first-order chi connectivity index (χ1) is 5.56. The molecule has 0 amide bonds. The second-order valence-electron chi connectivity index (χ2n) is 4.05. The molecule has 2 nitrogen and oxygen atoms in total. The topological polar surface area (TPSA) is 21.3 Å². The molecule has 1 N–H and O–H groups in total. The van der Waals surface area contributed by atoms with Gasteiger partial charge in [-0.2, -0.15) is 0 Å². The molecule has 0 rings (SSSR count). The highest BCUT2D eigenvalue weighted by Crippen LogP contribution is 2.04. The highest BCUT2D eigenvalue weighted by atomic mass is 16.5. The second-order valence-corrected chi connectivity index (χ2v) is 4.05. The molecule has 12 heavy (non-hydrogen) atoms. The van der Waals surface area contributed by atoms with Gasteiger partial charge in [0.15, 0.2) is 0 Å². The molecule has 0 aromatic rings. The SMILES string of the molecule is COCC(C)NC(C)CC(C)C. The summed E-state index contributed by atoms with van der Waals surface area (Å²) in [5, 5.41) is 3.49. The van der Waals surface area contributed by atoms with Crippen molar-refractivity contribution in [2.75, 3.05) is 13.7 Å². The van der Waals surface area contributed by atoms with Crippen molar-refractivity contribution in [3.63, 3.8) is 0 Å². The van der Waals surface area contributed by atoms with Gasteiger partial charge in [0, 0.05) is 19.2 Å². The van der Waals surface area contributed by atoms with Gasteiger partial charge in [0.25, 0.3) is 0 Å². The average molecular weight is 173 g/mol. The van der Waals surface area contributed by atoms with Crippen LogP contribution < -0.4 is 5.32 Å². The minimum atomic E-state index is 0.462. The number of rotatable bonds is 6. The maximum absolute atomic E-state index is 5.05. The quantitative estimate of drug-likeness (QED) is 0.663. The average Bonchev–Trinajstić information content (AvgIpc) is 1.84. The van der Waals surface area contributed by atoms with Crippen LogP contribution in [0.3, 0.4) is 0 Å².